The molecule has 3 rings (SSSR count). The summed E-state index contributed by atoms with van der Waals surface area (Å²) in [5.74, 6) is -0.229. The first kappa shape index (κ1) is 17.1. The van der Waals surface area contributed by atoms with Gasteiger partial charge in [0.05, 0.1) is 25.2 Å². The molecule has 1 aliphatic heterocycles. The maximum absolute atomic E-state index is 13.7. The van der Waals surface area contributed by atoms with Crippen LogP contribution in [-0.2, 0) is 0 Å². The number of amides is 1. The minimum Gasteiger partial charge on any atom is -0.494 e. The summed E-state index contributed by atoms with van der Waals surface area (Å²) in [5, 5.41) is 2.68. The number of nitrogens with one attached hydrogen (secondary N) is 1. The molecule has 25 heavy (non-hydrogen) atoms. The van der Waals surface area contributed by atoms with Crippen LogP contribution in [0.3, 0.4) is 0 Å². The quantitative estimate of drug-likeness (QED) is 0.922. The van der Waals surface area contributed by atoms with E-state index in [1.165, 1.54) is 32.1 Å². The molecule has 0 aliphatic carbocycles. The molecular formula is C18H21FN4O2. The van der Waals surface area contributed by atoms with Crippen molar-refractivity contribution in [3.63, 3.8) is 0 Å². The van der Waals surface area contributed by atoms with Crippen LogP contribution in [0.4, 0.5) is 16.0 Å². The van der Waals surface area contributed by atoms with Crippen molar-refractivity contribution in [2.24, 2.45) is 0 Å². The van der Waals surface area contributed by atoms with Crippen LogP contribution >= 0.6 is 0 Å². The Labute approximate surface area is 146 Å². The Balaban J connectivity index is 1.66. The van der Waals surface area contributed by atoms with Gasteiger partial charge in [-0.1, -0.05) is 12.8 Å². The van der Waals surface area contributed by atoms with Crippen molar-refractivity contribution in [3.8, 4) is 5.75 Å². The largest absolute Gasteiger partial charge is 0.494 e. The number of methoxy groups -OCH3 is 1. The van der Waals surface area contributed by atoms with Crippen molar-refractivity contribution in [2.75, 3.05) is 30.4 Å². The Kier molecular flexibility index (Phi) is 5.42. The van der Waals surface area contributed by atoms with E-state index in [0.29, 0.717) is 11.6 Å². The summed E-state index contributed by atoms with van der Waals surface area (Å²) in [6, 6.07) is 4.06. The van der Waals surface area contributed by atoms with Crippen LogP contribution in [0.5, 0.6) is 5.75 Å². The monoisotopic (exact) mass is 344 g/mol. The van der Waals surface area contributed by atoms with Gasteiger partial charge in [-0.3, -0.25) is 4.79 Å². The summed E-state index contributed by atoms with van der Waals surface area (Å²) in [5.41, 5.74) is 0.676. The molecule has 132 valence electrons. The van der Waals surface area contributed by atoms with Gasteiger partial charge in [-0.15, -0.1) is 0 Å². The summed E-state index contributed by atoms with van der Waals surface area (Å²) in [6.07, 6.45) is 7.91. The molecule has 0 atom stereocenters. The molecule has 1 aliphatic rings. The highest BCUT2D eigenvalue weighted by atomic mass is 19.1. The average Bonchev–Trinajstić information content (AvgIpc) is 2.91. The topological polar surface area (TPSA) is 67.3 Å². The highest BCUT2D eigenvalue weighted by Gasteiger charge is 2.14. The number of nitrogens with zero attached hydrogens (tertiary/aromatic N) is 3. The van der Waals surface area contributed by atoms with Gasteiger partial charge >= 0.3 is 0 Å². The standard InChI is InChI=1S/C18H21FN4O2/c1-25-16-7-6-13(10-15(16)19)17(24)22-14-11-20-18(21-12-14)23-8-4-2-3-5-9-23/h6-7,10-12H,2-5,8-9H2,1H3,(H,22,24). The van der Waals surface area contributed by atoms with E-state index in [2.05, 4.69) is 20.2 Å². The van der Waals surface area contributed by atoms with Crippen molar-refractivity contribution in [1.82, 2.24) is 9.97 Å². The number of carbonyl (C=O) groups is 1. The third-order valence-electron chi connectivity index (χ3n) is 4.20. The summed E-state index contributed by atoms with van der Waals surface area (Å²) in [7, 11) is 1.38. The van der Waals surface area contributed by atoms with Gasteiger partial charge in [-0.2, -0.15) is 0 Å². The van der Waals surface area contributed by atoms with Gasteiger partial charge < -0.3 is 15.0 Å². The number of aromatic nitrogens is 2. The highest BCUT2D eigenvalue weighted by Crippen LogP contribution is 2.19. The number of benzene rings is 1. The smallest absolute Gasteiger partial charge is 0.255 e. The van der Waals surface area contributed by atoms with E-state index >= 15 is 0 Å². The zero-order chi connectivity index (χ0) is 17.6. The molecule has 0 saturated carbocycles. The number of hydrogen-bond acceptors (Lipinski definition) is 5. The number of carbonyl (C=O) groups excluding carboxylic acids is 1. The zero-order valence-electron chi connectivity index (χ0n) is 14.2. The van der Waals surface area contributed by atoms with Crippen LogP contribution in [0, 0.1) is 5.82 Å². The average molecular weight is 344 g/mol. The molecule has 1 aromatic carbocycles. The normalized spacial score (nSPS) is 14.7. The molecule has 1 aromatic heterocycles. The molecule has 2 heterocycles. The van der Waals surface area contributed by atoms with Crippen LogP contribution < -0.4 is 15.0 Å². The first-order valence-electron chi connectivity index (χ1n) is 8.39. The highest BCUT2D eigenvalue weighted by molar-refractivity contribution is 6.04. The molecule has 0 radical (unpaired) electrons. The van der Waals surface area contributed by atoms with E-state index in [1.54, 1.807) is 12.4 Å². The maximum Gasteiger partial charge on any atom is 0.255 e. The minimum absolute atomic E-state index is 0.0988. The van der Waals surface area contributed by atoms with E-state index < -0.39 is 11.7 Å². The molecule has 2 aromatic rings. The molecule has 7 heteroatoms. The lowest BCUT2D eigenvalue weighted by atomic mass is 10.2. The van der Waals surface area contributed by atoms with Crippen molar-refractivity contribution in [1.29, 1.82) is 0 Å². The Morgan fingerprint density at radius 1 is 1.16 bits per heavy atom. The lowest BCUT2D eigenvalue weighted by Crippen LogP contribution is -2.26. The van der Waals surface area contributed by atoms with Crippen LogP contribution in [-0.4, -0.2) is 36.1 Å². The molecular weight excluding hydrogens is 323 g/mol. The van der Waals surface area contributed by atoms with Crippen LogP contribution in [0.15, 0.2) is 30.6 Å². The predicted molar refractivity (Wildman–Crippen MR) is 93.6 cm³/mol. The molecule has 1 fully saturated rings. The van der Waals surface area contributed by atoms with Gasteiger partial charge in [0.15, 0.2) is 11.6 Å². The van der Waals surface area contributed by atoms with E-state index in [-0.39, 0.29) is 11.3 Å². The summed E-state index contributed by atoms with van der Waals surface area (Å²) in [4.78, 5) is 23.1. The number of halogens is 1. The van der Waals surface area contributed by atoms with Gasteiger partial charge in [0.2, 0.25) is 5.95 Å². The first-order chi connectivity index (χ1) is 12.2. The summed E-state index contributed by atoms with van der Waals surface area (Å²) >= 11 is 0. The SMILES string of the molecule is COc1ccc(C(=O)Nc2cnc(N3CCCCCC3)nc2)cc1F. The van der Waals surface area contributed by atoms with E-state index in [9.17, 15) is 9.18 Å². The summed E-state index contributed by atoms with van der Waals surface area (Å²) in [6.45, 7) is 1.91. The van der Waals surface area contributed by atoms with Gasteiger partial charge in [0.25, 0.3) is 5.91 Å². The molecule has 1 saturated heterocycles. The molecule has 0 spiro atoms. The molecule has 1 N–H and O–H groups in total. The number of rotatable bonds is 4. The maximum atomic E-state index is 13.7. The van der Waals surface area contributed by atoms with Gasteiger partial charge in [-0.05, 0) is 31.0 Å². The van der Waals surface area contributed by atoms with Gasteiger partial charge in [0.1, 0.15) is 0 Å². The fourth-order valence-corrected chi connectivity index (χ4v) is 2.83. The third kappa shape index (κ3) is 4.23. The fourth-order valence-electron chi connectivity index (χ4n) is 2.83. The van der Waals surface area contributed by atoms with Gasteiger partial charge in [-0.25, -0.2) is 14.4 Å². The first-order valence-corrected chi connectivity index (χ1v) is 8.39. The number of ether oxygens (including phenoxy) is 1. The van der Waals surface area contributed by atoms with E-state index in [1.807, 2.05) is 0 Å². The van der Waals surface area contributed by atoms with E-state index in [4.69, 9.17) is 4.74 Å². The van der Waals surface area contributed by atoms with Crippen molar-refractivity contribution in [2.45, 2.75) is 25.7 Å². The minimum atomic E-state index is -0.581. The molecule has 6 nitrogen and oxygen atoms in total. The second-order valence-electron chi connectivity index (χ2n) is 5.98. The summed E-state index contributed by atoms with van der Waals surface area (Å²) < 4.78 is 18.6. The lowest BCUT2D eigenvalue weighted by Gasteiger charge is -2.19. The number of anilines is 2. The zero-order valence-corrected chi connectivity index (χ0v) is 14.2. The Bertz CT molecular complexity index is 728. The van der Waals surface area contributed by atoms with E-state index in [0.717, 1.165) is 32.0 Å². The Morgan fingerprint density at radius 3 is 2.44 bits per heavy atom. The van der Waals surface area contributed by atoms with Crippen molar-refractivity contribution in [3.05, 3.63) is 42.0 Å². The Morgan fingerprint density at radius 2 is 1.84 bits per heavy atom. The molecule has 0 unspecified atom stereocenters. The molecule has 0 bridgehead atoms. The van der Waals surface area contributed by atoms with Crippen LogP contribution in [0.1, 0.15) is 36.0 Å². The van der Waals surface area contributed by atoms with Crippen LogP contribution in [0.2, 0.25) is 0 Å². The third-order valence-corrected chi connectivity index (χ3v) is 4.20. The van der Waals surface area contributed by atoms with Gasteiger partial charge in [0, 0.05) is 18.7 Å². The van der Waals surface area contributed by atoms with Crippen molar-refractivity contribution < 1.29 is 13.9 Å². The second-order valence-corrected chi connectivity index (χ2v) is 5.98. The molecule has 1 amide bonds. The fraction of sp³-hybridized carbons (Fsp3) is 0.389. The Hall–Kier alpha value is -2.70. The predicted octanol–water partition coefficient (Wildman–Crippen LogP) is 3.26. The number of hydrogen-bond donors (Lipinski definition) is 1. The van der Waals surface area contributed by atoms with Crippen LogP contribution in [0.25, 0.3) is 0 Å². The second kappa shape index (κ2) is 7.92. The lowest BCUT2D eigenvalue weighted by molar-refractivity contribution is 0.102. The van der Waals surface area contributed by atoms with Crippen molar-refractivity contribution >= 4 is 17.5 Å².